The van der Waals surface area contributed by atoms with Gasteiger partial charge in [0.1, 0.15) is 5.01 Å². The van der Waals surface area contributed by atoms with Crippen LogP contribution in [0.25, 0.3) is 5.57 Å². The van der Waals surface area contributed by atoms with Gasteiger partial charge >= 0.3 is 6.03 Å². The molecule has 2 unspecified atom stereocenters. The Morgan fingerprint density at radius 2 is 1.96 bits per heavy atom. The van der Waals surface area contributed by atoms with E-state index in [0.717, 1.165) is 42.0 Å². The van der Waals surface area contributed by atoms with Crippen LogP contribution in [0.1, 0.15) is 117 Å². The number of allylic oxidation sites excluding steroid dienone is 3. The second-order valence-corrected chi connectivity index (χ2v) is 18.2. The molecule has 0 bridgehead atoms. The number of hydrogen-bond donors (Lipinski definition) is 3. The number of fused-ring (bicyclic) bond motifs is 3. The van der Waals surface area contributed by atoms with Crippen LogP contribution in [0.15, 0.2) is 22.4 Å². The van der Waals surface area contributed by atoms with Crippen molar-refractivity contribution in [3.05, 3.63) is 33.1 Å². The van der Waals surface area contributed by atoms with E-state index in [1.54, 1.807) is 24.8 Å². The van der Waals surface area contributed by atoms with Crippen LogP contribution in [0.5, 0.6) is 0 Å². The Kier molecular flexibility index (Phi) is 12.0. The van der Waals surface area contributed by atoms with Crippen LogP contribution in [-0.2, 0) is 10.0 Å². The van der Waals surface area contributed by atoms with Gasteiger partial charge in [0.2, 0.25) is 0 Å². The molecule has 0 saturated heterocycles. The summed E-state index contributed by atoms with van der Waals surface area (Å²) in [7, 11) is -4.04. The van der Waals surface area contributed by atoms with E-state index < -0.39 is 16.1 Å². The molecule has 7 nitrogen and oxygen atoms in total. The highest BCUT2D eigenvalue weighted by atomic mass is 32.2. The first-order valence-corrected chi connectivity index (χ1v) is 20.6. The summed E-state index contributed by atoms with van der Waals surface area (Å²) in [6.07, 6.45) is 12.7. The monoisotopic (exact) mass is 679 g/mol. The highest BCUT2D eigenvalue weighted by Gasteiger charge is 2.60. The van der Waals surface area contributed by atoms with Gasteiger partial charge in [0, 0.05) is 16.3 Å². The van der Waals surface area contributed by atoms with Gasteiger partial charge in [-0.1, -0.05) is 66.9 Å². The Morgan fingerprint density at radius 3 is 2.56 bits per heavy atom. The van der Waals surface area contributed by atoms with Crippen LogP contribution < -0.4 is 10.0 Å². The third kappa shape index (κ3) is 7.39. The van der Waals surface area contributed by atoms with Crippen LogP contribution in [0.3, 0.4) is 0 Å². The number of nitrogens with one attached hydrogen (secondary N) is 2. The lowest BCUT2D eigenvalue weighted by molar-refractivity contribution is -0.117. The Labute approximate surface area is 281 Å². The van der Waals surface area contributed by atoms with Crippen LogP contribution in [0.2, 0.25) is 0 Å². The Hall–Kier alpha value is -1.36. The standard InChI is InChI=1S/C35H57N3O4S3/c1-9-24(32-37-22(5)20-43-32)18-26(11-3)45(41,42)38-33(40)36-21-44-23(6)27-15-16-29-31-28(14-13-17-35(27,29)8)34(7,12-4)25(10-2)19-30(31)39/h11,18,20,23,25,27-31,39H,9-10,12-17,19,21H2,1-8H3,(H2,36,38,40)/b24-18+,26-11+/t23-,25-,27?,28?,29-,30+,31+,34-,35+/m0/s1. The fraction of sp³-hybridized carbons (Fsp3) is 0.771. The molecule has 254 valence electrons. The molecule has 1 heterocycles. The smallest absolute Gasteiger partial charge is 0.329 e. The van der Waals surface area contributed by atoms with Gasteiger partial charge < -0.3 is 10.4 Å². The SMILES string of the molecule is C/C=C(\C=C(/CC)c1nc(C)cs1)S(=O)(=O)NC(=O)NCS[C@@H](C)C1CC[C@H]2[C@H]3C(CCC[C@]12C)[C@@](C)(CC)[C@@H](CC)C[C@H]3O. The largest absolute Gasteiger partial charge is 0.393 e. The quantitative estimate of drug-likeness (QED) is 0.160. The third-order valence-corrected chi connectivity index (χ3v) is 15.8. The molecule has 0 radical (unpaired) electrons. The lowest BCUT2D eigenvalue weighted by Crippen LogP contribution is -2.52. The third-order valence-electron chi connectivity index (χ3n) is 12.2. The van der Waals surface area contributed by atoms with Gasteiger partial charge in [-0.3, -0.25) is 0 Å². The fourth-order valence-corrected chi connectivity index (χ4v) is 12.7. The summed E-state index contributed by atoms with van der Waals surface area (Å²) in [5.41, 5.74) is 2.16. The zero-order chi connectivity index (χ0) is 33.2. The normalized spacial score (nSPS) is 34.9. The summed E-state index contributed by atoms with van der Waals surface area (Å²) in [5, 5.41) is 17.4. The summed E-state index contributed by atoms with van der Waals surface area (Å²) < 4.78 is 28.4. The minimum atomic E-state index is -4.04. The van der Waals surface area contributed by atoms with Crippen LogP contribution >= 0.6 is 23.1 Å². The molecule has 0 spiro atoms. The molecular weight excluding hydrogens is 623 g/mol. The number of thiazole rings is 1. The van der Waals surface area contributed by atoms with Gasteiger partial charge in [-0.25, -0.2) is 22.9 Å². The van der Waals surface area contributed by atoms with E-state index >= 15 is 0 Å². The summed E-state index contributed by atoms with van der Waals surface area (Å²) in [6, 6.07) is -0.715. The number of hydrogen-bond acceptors (Lipinski definition) is 7. The van der Waals surface area contributed by atoms with Crippen molar-refractivity contribution in [2.75, 3.05) is 5.88 Å². The highest BCUT2D eigenvalue weighted by molar-refractivity contribution is 7.99. The number of urea groups is 1. The van der Waals surface area contributed by atoms with E-state index in [0.29, 0.717) is 52.6 Å². The molecular formula is C35H57N3O4S3. The minimum absolute atomic E-state index is 0.0503. The zero-order valence-electron chi connectivity index (χ0n) is 28.7. The van der Waals surface area contributed by atoms with E-state index in [1.165, 1.54) is 43.1 Å². The van der Waals surface area contributed by atoms with Crippen LogP contribution in [0, 0.1) is 47.3 Å². The lowest BCUT2D eigenvalue weighted by Gasteiger charge is -2.55. The van der Waals surface area contributed by atoms with Crippen molar-refractivity contribution in [2.45, 2.75) is 125 Å². The first-order valence-electron chi connectivity index (χ1n) is 17.1. The minimum Gasteiger partial charge on any atom is -0.393 e. The lowest BCUT2D eigenvalue weighted by atomic mass is 9.50. The summed E-state index contributed by atoms with van der Waals surface area (Å²) in [5.74, 6) is 2.88. The van der Waals surface area contributed by atoms with Crippen molar-refractivity contribution in [1.82, 2.24) is 15.0 Å². The molecule has 9 atom stereocenters. The maximum absolute atomic E-state index is 13.1. The Balaban J connectivity index is 1.37. The van der Waals surface area contributed by atoms with Crippen molar-refractivity contribution in [2.24, 2.45) is 40.4 Å². The fourth-order valence-electron chi connectivity index (χ4n) is 9.63. The molecule has 45 heavy (non-hydrogen) atoms. The van der Waals surface area contributed by atoms with Gasteiger partial charge in [0.15, 0.2) is 0 Å². The maximum atomic E-state index is 13.1. The summed E-state index contributed by atoms with van der Waals surface area (Å²) >= 11 is 3.17. The summed E-state index contributed by atoms with van der Waals surface area (Å²) in [4.78, 5) is 17.3. The number of carbonyl (C=O) groups excluding carboxylic acids is 1. The summed E-state index contributed by atoms with van der Waals surface area (Å²) in [6.45, 7) is 17.4. The molecule has 3 N–H and O–H groups in total. The Morgan fingerprint density at radius 1 is 1.22 bits per heavy atom. The number of aromatic nitrogens is 1. The maximum Gasteiger partial charge on any atom is 0.329 e. The van der Waals surface area contributed by atoms with Gasteiger partial charge in [0.25, 0.3) is 10.0 Å². The van der Waals surface area contributed by atoms with Gasteiger partial charge in [-0.15, -0.1) is 23.1 Å². The van der Waals surface area contributed by atoms with Crippen molar-refractivity contribution < 1.29 is 18.3 Å². The number of rotatable bonds is 11. The first kappa shape index (κ1) is 36.5. The predicted molar refractivity (Wildman–Crippen MR) is 189 cm³/mol. The molecule has 3 aliphatic rings. The highest BCUT2D eigenvalue weighted by Crippen LogP contribution is 2.65. The van der Waals surface area contributed by atoms with Crippen molar-refractivity contribution >= 4 is 44.7 Å². The van der Waals surface area contributed by atoms with Gasteiger partial charge in [-0.2, -0.15) is 0 Å². The molecule has 3 saturated carbocycles. The average Bonchev–Trinajstić information content (AvgIpc) is 3.53. The van der Waals surface area contributed by atoms with Crippen molar-refractivity contribution in [3.8, 4) is 0 Å². The van der Waals surface area contributed by atoms with E-state index in [1.807, 2.05) is 19.2 Å². The number of carbonyl (C=O) groups is 1. The molecule has 4 rings (SSSR count). The molecule has 0 aliphatic heterocycles. The number of aliphatic hydroxyl groups is 1. The second-order valence-electron chi connectivity index (χ2n) is 14.3. The number of aliphatic hydroxyl groups excluding tert-OH is 1. The molecule has 3 aliphatic carbocycles. The number of aryl methyl sites for hydroxylation is 1. The predicted octanol–water partition coefficient (Wildman–Crippen LogP) is 8.51. The number of nitrogens with zero attached hydrogens (tertiary/aromatic N) is 1. The van der Waals surface area contributed by atoms with E-state index in [-0.39, 0.29) is 16.4 Å². The molecule has 1 aromatic heterocycles. The number of amides is 2. The number of thioether (sulfide) groups is 1. The molecule has 1 aromatic rings. The van der Waals surface area contributed by atoms with Crippen LogP contribution in [-0.4, -0.2) is 41.8 Å². The van der Waals surface area contributed by atoms with Crippen molar-refractivity contribution in [3.63, 3.8) is 0 Å². The average molecular weight is 680 g/mol. The topological polar surface area (TPSA) is 108 Å². The van der Waals surface area contributed by atoms with E-state index in [9.17, 15) is 18.3 Å². The van der Waals surface area contributed by atoms with E-state index in [4.69, 9.17) is 0 Å². The number of sulfonamides is 1. The first-order chi connectivity index (χ1) is 21.2. The van der Waals surface area contributed by atoms with Crippen molar-refractivity contribution in [1.29, 1.82) is 0 Å². The zero-order valence-corrected chi connectivity index (χ0v) is 31.1. The molecule has 0 aromatic carbocycles. The Bertz CT molecular complexity index is 1360. The second kappa shape index (κ2) is 14.8. The molecule has 2 amide bonds. The molecule has 3 fully saturated rings. The van der Waals surface area contributed by atoms with Gasteiger partial charge in [0.05, 0.1) is 16.9 Å². The molecule has 10 heteroatoms. The van der Waals surface area contributed by atoms with Crippen LogP contribution in [0.4, 0.5) is 4.79 Å². The van der Waals surface area contributed by atoms with Gasteiger partial charge in [-0.05, 0) is 104 Å². The van der Waals surface area contributed by atoms with E-state index in [2.05, 4.69) is 49.6 Å².